The Morgan fingerprint density at radius 3 is 2.78 bits per heavy atom. The lowest BCUT2D eigenvalue weighted by atomic mass is 9.51. The monoisotopic (exact) mass is 310 g/mol. The van der Waals surface area contributed by atoms with Crippen molar-refractivity contribution < 1.29 is 9.90 Å². The Balaban J connectivity index is 1.78. The summed E-state index contributed by atoms with van der Waals surface area (Å²) in [6.07, 6.45) is 16.3. The second kappa shape index (κ2) is 4.61. The van der Waals surface area contributed by atoms with Gasteiger partial charge in [-0.25, -0.2) is 0 Å². The minimum atomic E-state index is -0.959. The molecule has 2 fully saturated rings. The van der Waals surface area contributed by atoms with Gasteiger partial charge >= 0.3 is 0 Å². The zero-order chi connectivity index (χ0) is 16.5. The molecule has 0 aromatic rings. The van der Waals surface area contributed by atoms with Crippen LogP contribution in [0.1, 0.15) is 58.8 Å². The van der Waals surface area contributed by atoms with Crippen LogP contribution in [0.25, 0.3) is 0 Å². The maximum atomic E-state index is 11.8. The van der Waals surface area contributed by atoms with Crippen molar-refractivity contribution in [3.63, 3.8) is 0 Å². The number of rotatable bonds is 0. The Labute approximate surface area is 139 Å². The summed E-state index contributed by atoms with van der Waals surface area (Å²) in [6.45, 7) is 4.52. The van der Waals surface area contributed by atoms with Crippen molar-refractivity contribution >= 4 is 5.78 Å². The molecule has 0 radical (unpaired) electrons. The molecular weight excluding hydrogens is 284 g/mol. The van der Waals surface area contributed by atoms with Crippen LogP contribution in [-0.2, 0) is 4.79 Å². The van der Waals surface area contributed by atoms with E-state index in [4.69, 9.17) is 6.42 Å². The molecule has 4 aliphatic rings. The number of hydrogen-bond acceptors (Lipinski definition) is 2. The van der Waals surface area contributed by atoms with E-state index in [1.54, 1.807) is 0 Å². The summed E-state index contributed by atoms with van der Waals surface area (Å²) in [5, 5.41) is 11.0. The fourth-order valence-corrected chi connectivity index (χ4v) is 6.11. The highest BCUT2D eigenvalue weighted by Crippen LogP contribution is 2.65. The second-order valence-electron chi connectivity index (χ2n) is 8.54. The quantitative estimate of drug-likeness (QED) is 0.546. The van der Waals surface area contributed by atoms with Crippen LogP contribution >= 0.6 is 0 Å². The Hall–Kier alpha value is -1.33. The summed E-state index contributed by atoms with van der Waals surface area (Å²) in [5.74, 6) is 4.00. The fourth-order valence-electron chi connectivity index (χ4n) is 6.11. The first-order valence-electron chi connectivity index (χ1n) is 8.99. The molecule has 0 bridgehead atoms. The summed E-state index contributed by atoms with van der Waals surface area (Å²) in [4.78, 5) is 11.8. The molecule has 23 heavy (non-hydrogen) atoms. The van der Waals surface area contributed by atoms with Gasteiger partial charge in [-0.1, -0.05) is 37.0 Å². The average Bonchev–Trinajstić information content (AvgIpc) is 2.80. The van der Waals surface area contributed by atoms with E-state index >= 15 is 0 Å². The molecule has 0 heterocycles. The van der Waals surface area contributed by atoms with Gasteiger partial charge in [0.15, 0.2) is 5.78 Å². The lowest BCUT2D eigenvalue weighted by Gasteiger charge is -2.54. The molecule has 4 aliphatic carbocycles. The van der Waals surface area contributed by atoms with Crippen LogP contribution in [-0.4, -0.2) is 16.5 Å². The highest BCUT2D eigenvalue weighted by Gasteiger charge is 2.61. The molecule has 0 unspecified atom stereocenters. The third-order valence-corrected chi connectivity index (χ3v) is 7.73. The van der Waals surface area contributed by atoms with Crippen molar-refractivity contribution in [2.24, 2.45) is 22.7 Å². The van der Waals surface area contributed by atoms with Crippen LogP contribution in [0.5, 0.6) is 0 Å². The predicted octanol–water partition coefficient (Wildman–Crippen LogP) is 3.80. The van der Waals surface area contributed by atoms with Crippen LogP contribution in [0.3, 0.4) is 0 Å². The summed E-state index contributed by atoms with van der Waals surface area (Å²) in [5.41, 5.74) is 1.78. The molecule has 2 saturated carbocycles. The third kappa shape index (κ3) is 1.78. The number of terminal acetylenes is 1. The smallest absolute Gasteiger partial charge is 0.155 e. The normalized spacial score (nSPS) is 48.5. The molecule has 0 spiro atoms. The third-order valence-electron chi connectivity index (χ3n) is 7.73. The average molecular weight is 310 g/mol. The molecule has 122 valence electrons. The standard InChI is InChI=1S/C21H26O2/c1-4-21(23)12-9-18-16-6-5-14-13-15(22)7-10-19(14,2)17(16)8-11-20(18,21)3/h1,8,13,16,18,23H,5-7,9-12H2,2-3H3/t16-,18+,19+,20+,21+/m1/s1. The topological polar surface area (TPSA) is 37.3 Å². The summed E-state index contributed by atoms with van der Waals surface area (Å²) >= 11 is 0. The van der Waals surface area contributed by atoms with Crippen molar-refractivity contribution in [2.75, 3.05) is 0 Å². The van der Waals surface area contributed by atoms with Gasteiger partial charge in [0.25, 0.3) is 0 Å². The van der Waals surface area contributed by atoms with Gasteiger partial charge in [0.2, 0.25) is 0 Å². The highest BCUT2D eigenvalue weighted by atomic mass is 16.3. The Morgan fingerprint density at radius 2 is 2.04 bits per heavy atom. The van der Waals surface area contributed by atoms with E-state index in [0.29, 0.717) is 24.0 Å². The second-order valence-corrected chi connectivity index (χ2v) is 8.54. The molecule has 0 saturated heterocycles. The molecule has 0 aliphatic heterocycles. The van der Waals surface area contributed by atoms with Gasteiger partial charge in [-0.3, -0.25) is 4.79 Å². The van der Waals surface area contributed by atoms with Crippen LogP contribution in [0.15, 0.2) is 23.3 Å². The van der Waals surface area contributed by atoms with Crippen molar-refractivity contribution in [1.82, 2.24) is 0 Å². The van der Waals surface area contributed by atoms with E-state index in [-0.39, 0.29) is 10.8 Å². The molecule has 1 N–H and O–H groups in total. The summed E-state index contributed by atoms with van der Waals surface area (Å²) < 4.78 is 0. The van der Waals surface area contributed by atoms with Crippen molar-refractivity contribution in [3.8, 4) is 12.3 Å². The molecule has 2 heteroatoms. The van der Waals surface area contributed by atoms with Gasteiger partial charge in [0, 0.05) is 17.3 Å². The molecule has 2 nitrogen and oxygen atoms in total. The van der Waals surface area contributed by atoms with E-state index in [2.05, 4.69) is 25.8 Å². The van der Waals surface area contributed by atoms with Gasteiger partial charge in [0.1, 0.15) is 5.60 Å². The van der Waals surface area contributed by atoms with Gasteiger partial charge in [-0.15, -0.1) is 6.42 Å². The summed E-state index contributed by atoms with van der Waals surface area (Å²) in [6, 6.07) is 0. The van der Waals surface area contributed by atoms with Gasteiger partial charge in [-0.2, -0.15) is 0 Å². The minimum absolute atomic E-state index is 0.0645. The van der Waals surface area contributed by atoms with Crippen LogP contribution in [0.2, 0.25) is 0 Å². The maximum Gasteiger partial charge on any atom is 0.155 e. The molecule has 0 aromatic heterocycles. The number of aliphatic hydroxyl groups is 1. The number of fused-ring (bicyclic) bond motifs is 5. The number of ketones is 1. The van der Waals surface area contributed by atoms with E-state index in [1.165, 1.54) is 11.1 Å². The van der Waals surface area contributed by atoms with Crippen LogP contribution in [0, 0.1) is 35.0 Å². The van der Waals surface area contributed by atoms with Crippen LogP contribution in [0.4, 0.5) is 0 Å². The minimum Gasteiger partial charge on any atom is -0.377 e. The first-order chi connectivity index (χ1) is 10.8. The zero-order valence-electron chi connectivity index (χ0n) is 14.2. The maximum absolute atomic E-state index is 11.8. The molecule has 4 rings (SSSR count). The number of allylic oxidation sites excluding steroid dienone is 4. The lowest BCUT2D eigenvalue weighted by Crippen LogP contribution is -2.50. The Kier molecular flexibility index (Phi) is 3.05. The summed E-state index contributed by atoms with van der Waals surface area (Å²) in [7, 11) is 0. The fraction of sp³-hybridized carbons (Fsp3) is 0.667. The van der Waals surface area contributed by atoms with E-state index in [1.807, 2.05) is 6.08 Å². The molecule has 0 aromatic carbocycles. The van der Waals surface area contributed by atoms with Crippen molar-refractivity contribution in [2.45, 2.75) is 64.4 Å². The zero-order valence-corrected chi connectivity index (χ0v) is 14.2. The predicted molar refractivity (Wildman–Crippen MR) is 90.5 cm³/mol. The van der Waals surface area contributed by atoms with E-state index in [9.17, 15) is 9.90 Å². The Morgan fingerprint density at radius 1 is 1.26 bits per heavy atom. The number of carbonyl (C=O) groups is 1. The Bertz CT molecular complexity index is 678. The van der Waals surface area contributed by atoms with Crippen LogP contribution < -0.4 is 0 Å². The lowest BCUT2D eigenvalue weighted by molar-refractivity contribution is -0.115. The molecular formula is C21H26O2. The number of carbonyl (C=O) groups excluding carboxylic acids is 1. The van der Waals surface area contributed by atoms with Gasteiger partial charge in [0.05, 0.1) is 0 Å². The largest absolute Gasteiger partial charge is 0.377 e. The number of hydrogen-bond donors (Lipinski definition) is 1. The highest BCUT2D eigenvalue weighted by molar-refractivity contribution is 5.92. The van der Waals surface area contributed by atoms with Crippen molar-refractivity contribution in [3.05, 3.63) is 23.3 Å². The molecule has 0 amide bonds. The first kappa shape index (κ1) is 15.2. The van der Waals surface area contributed by atoms with E-state index < -0.39 is 5.60 Å². The van der Waals surface area contributed by atoms with E-state index in [0.717, 1.165) is 38.5 Å². The first-order valence-corrected chi connectivity index (χ1v) is 8.99. The van der Waals surface area contributed by atoms with Gasteiger partial charge < -0.3 is 5.11 Å². The van der Waals surface area contributed by atoms with Crippen molar-refractivity contribution in [1.29, 1.82) is 0 Å². The molecule has 5 atom stereocenters. The SMILES string of the molecule is C#C[C@]1(O)CC[C@H]2[C@@H]3CCC4=CC(=O)CC[C@]4(C)C3=CC[C@@]21C. The van der Waals surface area contributed by atoms with Gasteiger partial charge in [-0.05, 0) is 56.4 Å².